The van der Waals surface area contributed by atoms with Crippen molar-refractivity contribution < 1.29 is 14.3 Å². The lowest BCUT2D eigenvalue weighted by atomic mass is 10.1. The van der Waals surface area contributed by atoms with Gasteiger partial charge in [-0.15, -0.1) is 0 Å². The van der Waals surface area contributed by atoms with Gasteiger partial charge >= 0.3 is 0 Å². The lowest BCUT2D eigenvalue weighted by Crippen LogP contribution is -2.35. The van der Waals surface area contributed by atoms with Crippen LogP contribution in [0.3, 0.4) is 0 Å². The summed E-state index contributed by atoms with van der Waals surface area (Å²) < 4.78 is 12.9. The molecule has 1 aliphatic rings. The Balaban J connectivity index is 1.91. The van der Waals surface area contributed by atoms with E-state index in [0.29, 0.717) is 25.2 Å². The van der Waals surface area contributed by atoms with Crippen LogP contribution in [0.15, 0.2) is 18.2 Å². The smallest absolute Gasteiger partial charge is 0.238 e. The maximum Gasteiger partial charge on any atom is 0.238 e. The number of amides is 1. The van der Waals surface area contributed by atoms with E-state index < -0.39 is 11.4 Å². The predicted octanol–water partition coefficient (Wildman–Crippen LogP) is 0.803. The number of nitrogens with one attached hydrogen (secondary N) is 1. The van der Waals surface area contributed by atoms with Gasteiger partial charge in [0.2, 0.25) is 5.91 Å². The molecule has 0 radical (unpaired) electrons. The summed E-state index contributed by atoms with van der Waals surface area (Å²) in [5, 5.41) is 12.4. The van der Waals surface area contributed by atoms with E-state index >= 15 is 0 Å². The van der Waals surface area contributed by atoms with Gasteiger partial charge in [-0.25, -0.2) is 4.39 Å². The monoisotopic (exact) mass is 267 g/mol. The van der Waals surface area contributed by atoms with Crippen LogP contribution in [0.2, 0.25) is 0 Å². The van der Waals surface area contributed by atoms with Crippen molar-refractivity contribution in [3.63, 3.8) is 0 Å². The highest BCUT2D eigenvalue weighted by Gasteiger charge is 2.32. The van der Waals surface area contributed by atoms with Gasteiger partial charge in [-0.3, -0.25) is 9.69 Å². The molecule has 1 amide bonds. The highest BCUT2D eigenvalue weighted by molar-refractivity contribution is 5.95. The van der Waals surface area contributed by atoms with Gasteiger partial charge in [-0.2, -0.15) is 0 Å². The van der Waals surface area contributed by atoms with Crippen molar-refractivity contribution in [3.8, 4) is 0 Å². The maximum atomic E-state index is 12.9. The van der Waals surface area contributed by atoms with Gasteiger partial charge in [-0.05, 0) is 31.5 Å². The second kappa shape index (κ2) is 5.14. The number of aliphatic hydroxyl groups is 1. The second-order valence-corrected chi connectivity index (χ2v) is 5.24. The molecule has 1 unspecified atom stereocenters. The molecule has 1 heterocycles. The van der Waals surface area contributed by atoms with Crippen LogP contribution in [0, 0.1) is 5.82 Å². The minimum absolute atomic E-state index is 0.187. The fraction of sp³-hybridized carbons (Fsp3) is 0.462. The highest BCUT2D eigenvalue weighted by Crippen LogP contribution is 2.21. The van der Waals surface area contributed by atoms with Gasteiger partial charge in [0.05, 0.1) is 23.5 Å². The van der Waals surface area contributed by atoms with Crippen LogP contribution < -0.4 is 11.1 Å². The highest BCUT2D eigenvalue weighted by atomic mass is 19.1. The van der Waals surface area contributed by atoms with Crippen molar-refractivity contribution in [2.24, 2.45) is 0 Å². The normalized spacial score (nSPS) is 23.5. The Morgan fingerprint density at radius 3 is 2.95 bits per heavy atom. The number of halogens is 1. The molecule has 5 nitrogen and oxygen atoms in total. The second-order valence-electron chi connectivity index (χ2n) is 5.24. The molecular weight excluding hydrogens is 249 g/mol. The third kappa shape index (κ3) is 3.65. The summed E-state index contributed by atoms with van der Waals surface area (Å²) in [5.41, 5.74) is 5.48. The van der Waals surface area contributed by atoms with Crippen molar-refractivity contribution in [2.75, 3.05) is 30.7 Å². The fourth-order valence-corrected chi connectivity index (χ4v) is 2.21. The number of carbonyl (C=O) groups is 1. The van der Waals surface area contributed by atoms with Crippen molar-refractivity contribution in [2.45, 2.75) is 18.9 Å². The molecule has 0 aromatic heterocycles. The van der Waals surface area contributed by atoms with E-state index in [4.69, 9.17) is 5.73 Å². The van der Waals surface area contributed by atoms with Gasteiger partial charge in [-0.1, -0.05) is 0 Å². The third-order valence-corrected chi connectivity index (χ3v) is 3.19. The van der Waals surface area contributed by atoms with Crippen molar-refractivity contribution in [1.29, 1.82) is 0 Å². The van der Waals surface area contributed by atoms with E-state index in [-0.39, 0.29) is 18.1 Å². The van der Waals surface area contributed by atoms with Gasteiger partial charge in [0, 0.05) is 13.1 Å². The standard InChI is InChI=1S/C13H18FN3O2/c1-13(19)4-5-17(8-13)7-12(18)16-11-3-2-9(14)6-10(11)15/h2-3,6,19H,4-5,7-8,15H2,1H3,(H,16,18). The first-order chi connectivity index (χ1) is 8.85. The molecular formula is C13H18FN3O2. The number of likely N-dealkylation sites (tertiary alicyclic amines) is 1. The molecule has 1 saturated heterocycles. The predicted molar refractivity (Wildman–Crippen MR) is 71.1 cm³/mol. The van der Waals surface area contributed by atoms with Crippen LogP contribution in [0.1, 0.15) is 13.3 Å². The number of carbonyl (C=O) groups excluding carboxylic acids is 1. The molecule has 0 aliphatic carbocycles. The van der Waals surface area contributed by atoms with Crippen LogP contribution >= 0.6 is 0 Å². The number of benzene rings is 1. The van der Waals surface area contributed by atoms with E-state index in [1.54, 1.807) is 6.92 Å². The van der Waals surface area contributed by atoms with Gasteiger partial charge < -0.3 is 16.2 Å². The average Bonchev–Trinajstić information content (AvgIpc) is 2.62. The van der Waals surface area contributed by atoms with Crippen LogP contribution in [0.25, 0.3) is 0 Å². The Bertz CT molecular complexity index is 491. The number of rotatable bonds is 3. The summed E-state index contributed by atoms with van der Waals surface area (Å²) >= 11 is 0. The Morgan fingerprint density at radius 1 is 1.63 bits per heavy atom. The van der Waals surface area contributed by atoms with Gasteiger partial charge in [0.15, 0.2) is 0 Å². The summed E-state index contributed by atoms with van der Waals surface area (Å²) in [6.07, 6.45) is 0.652. The number of hydrogen-bond donors (Lipinski definition) is 3. The van der Waals surface area contributed by atoms with Crippen molar-refractivity contribution in [1.82, 2.24) is 4.90 Å². The first-order valence-electron chi connectivity index (χ1n) is 6.15. The average molecular weight is 267 g/mol. The fourth-order valence-electron chi connectivity index (χ4n) is 2.21. The molecule has 1 aliphatic heterocycles. The summed E-state index contributed by atoms with van der Waals surface area (Å²) in [4.78, 5) is 13.7. The molecule has 0 saturated carbocycles. The molecule has 1 aromatic rings. The molecule has 0 spiro atoms. The summed E-state index contributed by atoms with van der Waals surface area (Å²) in [5.74, 6) is -0.665. The molecule has 1 fully saturated rings. The number of nitrogens with zero attached hydrogens (tertiary/aromatic N) is 1. The molecule has 2 rings (SSSR count). The first-order valence-corrected chi connectivity index (χ1v) is 6.15. The SMILES string of the molecule is CC1(O)CCN(CC(=O)Nc2ccc(F)cc2N)C1. The number of nitrogens with two attached hydrogens (primary N) is 1. The minimum atomic E-state index is -0.727. The maximum absolute atomic E-state index is 12.9. The van der Waals surface area contributed by atoms with E-state index in [1.807, 2.05) is 4.90 Å². The Kier molecular flexibility index (Phi) is 3.73. The van der Waals surface area contributed by atoms with E-state index in [1.165, 1.54) is 12.1 Å². The van der Waals surface area contributed by atoms with Crippen LogP contribution in [-0.2, 0) is 4.79 Å². The largest absolute Gasteiger partial charge is 0.397 e. The quantitative estimate of drug-likeness (QED) is 0.708. The molecule has 104 valence electrons. The number of nitrogen functional groups attached to an aromatic ring is 1. The topological polar surface area (TPSA) is 78.6 Å². The Morgan fingerprint density at radius 2 is 2.37 bits per heavy atom. The number of β-amino-alcohol motifs (C(OH)–C–C–N with tert-alkyl or cyclic N) is 1. The molecule has 4 N–H and O–H groups in total. The Labute approximate surface area is 111 Å². The van der Waals surface area contributed by atoms with Gasteiger partial charge in [0.25, 0.3) is 0 Å². The third-order valence-electron chi connectivity index (χ3n) is 3.19. The molecule has 19 heavy (non-hydrogen) atoms. The summed E-state index contributed by atoms with van der Waals surface area (Å²) in [6, 6.07) is 3.84. The zero-order valence-corrected chi connectivity index (χ0v) is 10.8. The van der Waals surface area contributed by atoms with E-state index in [2.05, 4.69) is 5.32 Å². The Hall–Kier alpha value is -1.66. The lowest BCUT2D eigenvalue weighted by Gasteiger charge is -2.18. The lowest BCUT2D eigenvalue weighted by molar-refractivity contribution is -0.117. The van der Waals surface area contributed by atoms with Crippen molar-refractivity contribution in [3.05, 3.63) is 24.0 Å². The zero-order chi connectivity index (χ0) is 14.0. The van der Waals surface area contributed by atoms with E-state index in [0.717, 1.165) is 6.07 Å². The van der Waals surface area contributed by atoms with E-state index in [9.17, 15) is 14.3 Å². The minimum Gasteiger partial charge on any atom is -0.397 e. The van der Waals surface area contributed by atoms with Crippen LogP contribution in [-0.4, -0.2) is 41.1 Å². The first kappa shape index (κ1) is 13.8. The molecule has 1 aromatic carbocycles. The van der Waals surface area contributed by atoms with Crippen LogP contribution in [0.4, 0.5) is 15.8 Å². The number of anilines is 2. The molecule has 6 heteroatoms. The zero-order valence-electron chi connectivity index (χ0n) is 10.8. The summed E-state index contributed by atoms with van der Waals surface area (Å²) in [7, 11) is 0. The molecule has 1 atom stereocenters. The summed E-state index contributed by atoms with van der Waals surface area (Å²) in [6.45, 7) is 3.09. The van der Waals surface area contributed by atoms with Crippen molar-refractivity contribution >= 4 is 17.3 Å². The number of hydrogen-bond acceptors (Lipinski definition) is 4. The van der Waals surface area contributed by atoms with Crippen LogP contribution in [0.5, 0.6) is 0 Å². The molecule has 0 bridgehead atoms. The van der Waals surface area contributed by atoms with Gasteiger partial charge in [0.1, 0.15) is 5.82 Å².